The summed E-state index contributed by atoms with van der Waals surface area (Å²) in [7, 11) is 0. The number of nitrogens with zero attached hydrogens (tertiary/aromatic N) is 2. The summed E-state index contributed by atoms with van der Waals surface area (Å²) >= 11 is 0. The van der Waals surface area contributed by atoms with E-state index >= 15 is 0 Å². The van der Waals surface area contributed by atoms with Crippen molar-refractivity contribution in [2.24, 2.45) is 5.73 Å². The Morgan fingerprint density at radius 2 is 2.17 bits per heavy atom. The van der Waals surface area contributed by atoms with Crippen LogP contribution in [-0.2, 0) is 11.2 Å². The molecule has 1 fully saturated rings. The monoisotopic (exact) mass is 253 g/mol. The Hall–Kier alpha value is -1.43. The predicted octanol–water partition coefficient (Wildman–Crippen LogP) is 1.45. The molecule has 0 unspecified atom stereocenters. The molecule has 100 valence electrons. The third-order valence-corrected chi connectivity index (χ3v) is 3.28. The predicted molar refractivity (Wildman–Crippen MR) is 64.0 cm³/mol. The Morgan fingerprint density at radius 1 is 1.44 bits per heavy atom. The highest BCUT2D eigenvalue weighted by molar-refractivity contribution is 5.84. The molecule has 1 aliphatic rings. The summed E-state index contributed by atoms with van der Waals surface area (Å²) in [4.78, 5) is 15.4. The number of carbonyl (C=O) groups excluding carboxylic acids is 1. The van der Waals surface area contributed by atoms with Crippen LogP contribution in [0.4, 0.5) is 0 Å². The molecule has 0 atom stereocenters. The van der Waals surface area contributed by atoms with Gasteiger partial charge in [-0.25, -0.2) is 4.79 Å². The Morgan fingerprint density at radius 3 is 2.83 bits per heavy atom. The highest BCUT2D eigenvalue weighted by atomic mass is 16.5. The number of ether oxygens (including phenoxy) is 1. The second-order valence-corrected chi connectivity index (χ2v) is 4.83. The van der Waals surface area contributed by atoms with E-state index in [0.717, 1.165) is 25.7 Å². The van der Waals surface area contributed by atoms with Gasteiger partial charge in [-0.2, -0.15) is 4.98 Å². The summed E-state index contributed by atoms with van der Waals surface area (Å²) in [6, 6.07) is 0. The minimum absolute atomic E-state index is 0.0220. The second kappa shape index (κ2) is 5.48. The summed E-state index contributed by atoms with van der Waals surface area (Å²) < 4.78 is 9.86. The van der Waals surface area contributed by atoms with Gasteiger partial charge in [0.25, 0.3) is 5.82 Å². The largest absolute Gasteiger partial charge is 0.460 e. The average molecular weight is 253 g/mol. The van der Waals surface area contributed by atoms with Crippen molar-refractivity contribution in [3.63, 3.8) is 0 Å². The number of hydrogen-bond donors (Lipinski definition) is 1. The summed E-state index contributed by atoms with van der Waals surface area (Å²) in [6.07, 6.45) is 5.95. The van der Waals surface area contributed by atoms with Crippen molar-refractivity contribution in [2.75, 3.05) is 6.61 Å². The Balaban J connectivity index is 1.99. The van der Waals surface area contributed by atoms with Crippen molar-refractivity contribution in [3.05, 3.63) is 11.7 Å². The minimum Gasteiger partial charge on any atom is -0.460 e. The van der Waals surface area contributed by atoms with Crippen LogP contribution in [0.1, 0.15) is 55.5 Å². The molecule has 2 rings (SSSR count). The lowest BCUT2D eigenvalue weighted by molar-refractivity contribution is 0.0508. The zero-order chi connectivity index (χ0) is 13.0. The topological polar surface area (TPSA) is 91.2 Å². The fourth-order valence-electron chi connectivity index (χ4n) is 2.34. The van der Waals surface area contributed by atoms with Crippen molar-refractivity contribution in [2.45, 2.75) is 51.0 Å². The Labute approximate surface area is 106 Å². The highest BCUT2D eigenvalue weighted by Crippen LogP contribution is 2.28. The van der Waals surface area contributed by atoms with Gasteiger partial charge in [0.1, 0.15) is 0 Å². The minimum atomic E-state index is -0.554. The van der Waals surface area contributed by atoms with E-state index in [1.807, 2.05) is 0 Å². The van der Waals surface area contributed by atoms with Crippen LogP contribution in [-0.4, -0.2) is 28.3 Å². The maximum Gasteiger partial charge on any atom is 0.379 e. The van der Waals surface area contributed by atoms with Gasteiger partial charge >= 0.3 is 5.97 Å². The van der Waals surface area contributed by atoms with Gasteiger partial charge in [-0.3, -0.25) is 0 Å². The summed E-state index contributed by atoms with van der Waals surface area (Å²) in [5.41, 5.74) is 6.02. The first-order chi connectivity index (χ1) is 8.63. The van der Waals surface area contributed by atoms with E-state index in [2.05, 4.69) is 10.1 Å². The summed E-state index contributed by atoms with van der Waals surface area (Å²) in [6.45, 7) is 2.03. The Bertz CT molecular complexity index is 410. The molecule has 1 heterocycles. The van der Waals surface area contributed by atoms with E-state index < -0.39 is 5.97 Å². The maximum absolute atomic E-state index is 11.4. The first kappa shape index (κ1) is 13.0. The number of esters is 1. The van der Waals surface area contributed by atoms with Gasteiger partial charge in [0.15, 0.2) is 0 Å². The molecule has 0 spiro atoms. The van der Waals surface area contributed by atoms with Crippen molar-refractivity contribution >= 4 is 5.97 Å². The maximum atomic E-state index is 11.4. The molecule has 18 heavy (non-hydrogen) atoms. The van der Waals surface area contributed by atoms with Crippen LogP contribution in [0.5, 0.6) is 0 Å². The van der Waals surface area contributed by atoms with Crippen molar-refractivity contribution in [1.82, 2.24) is 10.1 Å². The van der Waals surface area contributed by atoms with E-state index in [4.69, 9.17) is 15.0 Å². The molecular formula is C12H19N3O3. The molecular weight excluding hydrogens is 234 g/mol. The normalized spacial score (nSPS) is 18.6. The number of hydrogen-bond acceptors (Lipinski definition) is 6. The van der Waals surface area contributed by atoms with E-state index in [9.17, 15) is 4.79 Å². The summed E-state index contributed by atoms with van der Waals surface area (Å²) in [5.74, 6) is -0.157. The fraction of sp³-hybridized carbons (Fsp3) is 0.750. The van der Waals surface area contributed by atoms with Gasteiger partial charge in [-0.15, -0.1) is 0 Å². The molecule has 0 bridgehead atoms. The number of aromatic nitrogens is 2. The molecule has 0 amide bonds. The van der Waals surface area contributed by atoms with Crippen LogP contribution < -0.4 is 5.73 Å². The van der Waals surface area contributed by atoms with Gasteiger partial charge < -0.3 is 15.0 Å². The Kier molecular flexibility index (Phi) is 3.96. The zero-order valence-electron chi connectivity index (χ0n) is 10.6. The summed E-state index contributed by atoms with van der Waals surface area (Å²) in [5, 5.41) is 3.62. The molecule has 6 heteroatoms. The SMILES string of the molecule is CCOC(=O)c1noc(CC2(N)CCCCC2)n1. The lowest BCUT2D eigenvalue weighted by Crippen LogP contribution is -2.43. The third kappa shape index (κ3) is 3.07. The number of carbonyl (C=O) groups is 1. The standard InChI is InChI=1S/C12H19N3O3/c1-2-17-11(16)10-14-9(18-15-10)8-12(13)6-4-3-5-7-12/h2-8,13H2,1H3. The van der Waals surface area contributed by atoms with Crippen LogP contribution >= 0.6 is 0 Å². The lowest BCUT2D eigenvalue weighted by Gasteiger charge is -2.31. The van der Waals surface area contributed by atoms with Crippen LogP contribution in [0, 0.1) is 0 Å². The van der Waals surface area contributed by atoms with E-state index in [1.165, 1.54) is 6.42 Å². The van der Waals surface area contributed by atoms with E-state index in [-0.39, 0.29) is 11.4 Å². The molecule has 0 aliphatic heterocycles. The number of rotatable bonds is 4. The molecule has 1 saturated carbocycles. The lowest BCUT2D eigenvalue weighted by atomic mass is 9.80. The van der Waals surface area contributed by atoms with Crippen LogP contribution in [0.3, 0.4) is 0 Å². The third-order valence-electron chi connectivity index (χ3n) is 3.28. The molecule has 1 aromatic heterocycles. The van der Waals surface area contributed by atoms with E-state index in [1.54, 1.807) is 6.92 Å². The molecule has 6 nitrogen and oxygen atoms in total. The van der Waals surface area contributed by atoms with Crippen molar-refractivity contribution in [1.29, 1.82) is 0 Å². The van der Waals surface area contributed by atoms with Gasteiger partial charge in [0.05, 0.1) is 6.61 Å². The second-order valence-electron chi connectivity index (χ2n) is 4.83. The van der Waals surface area contributed by atoms with Crippen LogP contribution in [0.25, 0.3) is 0 Å². The molecule has 1 aliphatic carbocycles. The number of nitrogens with two attached hydrogens (primary N) is 1. The quantitative estimate of drug-likeness (QED) is 0.816. The fourth-order valence-corrected chi connectivity index (χ4v) is 2.34. The van der Waals surface area contributed by atoms with Gasteiger partial charge in [-0.05, 0) is 24.9 Å². The molecule has 0 aromatic carbocycles. The van der Waals surface area contributed by atoms with Gasteiger partial charge in [-0.1, -0.05) is 19.3 Å². The van der Waals surface area contributed by atoms with Gasteiger partial charge in [0, 0.05) is 12.0 Å². The van der Waals surface area contributed by atoms with Crippen molar-refractivity contribution < 1.29 is 14.1 Å². The zero-order valence-corrected chi connectivity index (χ0v) is 10.6. The van der Waals surface area contributed by atoms with Crippen LogP contribution in [0.15, 0.2) is 4.52 Å². The first-order valence-electron chi connectivity index (χ1n) is 6.41. The molecule has 0 saturated heterocycles. The smallest absolute Gasteiger partial charge is 0.379 e. The average Bonchev–Trinajstić information content (AvgIpc) is 2.78. The molecule has 1 aromatic rings. The van der Waals surface area contributed by atoms with E-state index in [0.29, 0.717) is 18.9 Å². The first-order valence-corrected chi connectivity index (χ1v) is 6.41. The van der Waals surface area contributed by atoms with Crippen LogP contribution in [0.2, 0.25) is 0 Å². The highest BCUT2D eigenvalue weighted by Gasteiger charge is 2.30. The molecule has 2 N–H and O–H groups in total. The van der Waals surface area contributed by atoms with Crippen molar-refractivity contribution in [3.8, 4) is 0 Å². The molecule has 0 radical (unpaired) electrons. The van der Waals surface area contributed by atoms with Gasteiger partial charge in [0.2, 0.25) is 5.89 Å².